The largest absolute Gasteiger partial charge is 0.493 e. The SMILES string of the molecule is COc1cc2c(NCCCCCCO[N+](=O)O)ncnc2c(OC)c1OC. The lowest BCUT2D eigenvalue weighted by molar-refractivity contribution is -0.975. The van der Waals surface area contributed by atoms with Crippen molar-refractivity contribution in [3.63, 3.8) is 0 Å². The highest BCUT2D eigenvalue weighted by Gasteiger charge is 2.19. The number of benzene rings is 1. The number of rotatable bonds is 12. The van der Waals surface area contributed by atoms with Crippen LogP contribution in [0.3, 0.4) is 0 Å². The molecule has 1 aromatic heterocycles. The maximum Gasteiger partial charge on any atom is 0.475 e. The number of nitrogens with one attached hydrogen (secondary N) is 1. The Balaban J connectivity index is 2.01. The molecule has 1 heterocycles. The van der Waals surface area contributed by atoms with Gasteiger partial charge in [0, 0.05) is 6.54 Å². The Morgan fingerprint density at radius 2 is 1.78 bits per heavy atom. The van der Waals surface area contributed by atoms with E-state index in [4.69, 9.17) is 19.4 Å². The van der Waals surface area contributed by atoms with Crippen LogP contribution in [0.25, 0.3) is 10.9 Å². The van der Waals surface area contributed by atoms with Crippen molar-refractivity contribution in [2.75, 3.05) is 39.8 Å². The Morgan fingerprint density at radius 1 is 1.04 bits per heavy atom. The van der Waals surface area contributed by atoms with Crippen LogP contribution in [0.15, 0.2) is 12.4 Å². The first-order valence-electron chi connectivity index (χ1n) is 8.59. The standard InChI is InChI=1S/C17H25N4O6/c1-24-13-10-12-14(16(26-3)15(13)25-2)19-11-20-17(12)18-8-6-4-5-7-9-27-21(22)23/h10-11H,4-9H2,1-3H3,(H,22,23)(H,18,19,20)/q+1. The number of ether oxygens (including phenoxy) is 3. The summed E-state index contributed by atoms with van der Waals surface area (Å²) in [5.41, 5.74) is 0.635. The van der Waals surface area contributed by atoms with E-state index in [2.05, 4.69) is 20.1 Å². The van der Waals surface area contributed by atoms with Crippen LogP contribution < -0.4 is 19.5 Å². The van der Waals surface area contributed by atoms with Crippen LogP contribution in [0.1, 0.15) is 25.7 Å². The highest BCUT2D eigenvalue weighted by Crippen LogP contribution is 2.43. The van der Waals surface area contributed by atoms with Crippen molar-refractivity contribution in [1.29, 1.82) is 0 Å². The molecule has 0 spiro atoms. The zero-order valence-electron chi connectivity index (χ0n) is 15.7. The van der Waals surface area contributed by atoms with E-state index in [1.807, 2.05) is 6.07 Å². The fourth-order valence-corrected chi connectivity index (χ4v) is 2.73. The highest BCUT2D eigenvalue weighted by atomic mass is 16.9. The van der Waals surface area contributed by atoms with Crippen LogP contribution in [-0.4, -0.2) is 54.7 Å². The zero-order chi connectivity index (χ0) is 19.6. The molecule has 0 saturated heterocycles. The van der Waals surface area contributed by atoms with Crippen LogP contribution in [0.5, 0.6) is 17.2 Å². The average Bonchev–Trinajstić information content (AvgIpc) is 2.68. The lowest BCUT2D eigenvalue weighted by atomic mass is 10.1. The van der Waals surface area contributed by atoms with E-state index in [1.165, 1.54) is 6.33 Å². The van der Waals surface area contributed by atoms with Gasteiger partial charge in [0.25, 0.3) is 0 Å². The molecule has 0 aliphatic rings. The van der Waals surface area contributed by atoms with E-state index < -0.39 is 5.09 Å². The Kier molecular flexibility index (Phi) is 7.65. The second-order valence-corrected chi connectivity index (χ2v) is 5.68. The molecule has 2 N–H and O–H groups in total. The van der Waals surface area contributed by atoms with Crippen molar-refractivity contribution in [3.8, 4) is 17.2 Å². The number of hydrogen-bond donors (Lipinski definition) is 2. The summed E-state index contributed by atoms with van der Waals surface area (Å²) in [6, 6.07) is 1.82. The molecule has 0 amide bonds. The second kappa shape index (κ2) is 10.2. The van der Waals surface area contributed by atoms with Gasteiger partial charge in [-0.05, 0) is 25.3 Å². The van der Waals surface area contributed by atoms with Gasteiger partial charge in [0.05, 0.1) is 26.7 Å². The molecule has 27 heavy (non-hydrogen) atoms. The third kappa shape index (κ3) is 5.22. The predicted octanol–water partition coefficient (Wildman–Crippen LogP) is 2.73. The molecule has 10 heteroatoms. The lowest BCUT2D eigenvalue weighted by Crippen LogP contribution is -2.06. The second-order valence-electron chi connectivity index (χ2n) is 5.68. The zero-order valence-corrected chi connectivity index (χ0v) is 15.7. The van der Waals surface area contributed by atoms with Crippen molar-refractivity contribution in [3.05, 3.63) is 17.3 Å². The third-order valence-electron chi connectivity index (χ3n) is 4.00. The number of aromatic nitrogens is 2. The number of hydrogen-bond acceptors (Lipinski definition) is 8. The Morgan fingerprint density at radius 3 is 2.44 bits per heavy atom. The average molecular weight is 381 g/mol. The van der Waals surface area contributed by atoms with Gasteiger partial charge >= 0.3 is 5.09 Å². The first kappa shape index (κ1) is 20.3. The molecule has 148 valence electrons. The van der Waals surface area contributed by atoms with Crippen molar-refractivity contribution in [2.45, 2.75) is 25.7 Å². The minimum absolute atomic E-state index is 0.200. The molecule has 10 nitrogen and oxygen atoms in total. The summed E-state index contributed by atoms with van der Waals surface area (Å²) < 4.78 is 16.2. The molecule has 0 aliphatic heterocycles. The number of anilines is 1. The topological polar surface area (TPSA) is 115 Å². The monoisotopic (exact) mass is 381 g/mol. The quantitative estimate of drug-likeness (QED) is 0.423. The summed E-state index contributed by atoms with van der Waals surface area (Å²) in [4.78, 5) is 23.2. The molecule has 0 fully saturated rings. The van der Waals surface area contributed by atoms with E-state index in [0.717, 1.165) is 31.2 Å². The molecule has 0 unspecified atom stereocenters. The van der Waals surface area contributed by atoms with Gasteiger partial charge in [0.2, 0.25) is 5.75 Å². The van der Waals surface area contributed by atoms with Crippen molar-refractivity contribution in [1.82, 2.24) is 9.97 Å². The number of fused-ring (bicyclic) bond motifs is 1. The number of unbranched alkanes of at least 4 members (excludes halogenated alkanes) is 3. The highest BCUT2D eigenvalue weighted by molar-refractivity contribution is 5.96. The Labute approximate surface area is 156 Å². The smallest absolute Gasteiger partial charge is 0.475 e. The summed E-state index contributed by atoms with van der Waals surface area (Å²) in [5, 5.41) is 11.9. The minimum Gasteiger partial charge on any atom is -0.493 e. The molecule has 0 atom stereocenters. The lowest BCUT2D eigenvalue weighted by Gasteiger charge is -2.15. The fourth-order valence-electron chi connectivity index (χ4n) is 2.73. The van der Waals surface area contributed by atoms with Gasteiger partial charge in [-0.15, -0.1) is 0 Å². The van der Waals surface area contributed by atoms with Crippen molar-refractivity contribution in [2.24, 2.45) is 0 Å². The minimum atomic E-state index is -0.515. The van der Waals surface area contributed by atoms with Crippen LogP contribution in [0.4, 0.5) is 5.82 Å². The molecular formula is C17H25N4O6+. The van der Waals surface area contributed by atoms with E-state index in [0.29, 0.717) is 35.0 Å². The van der Waals surface area contributed by atoms with Crippen molar-refractivity contribution < 1.29 is 29.3 Å². The maximum absolute atomic E-state index is 10.2. The third-order valence-corrected chi connectivity index (χ3v) is 4.00. The summed E-state index contributed by atoms with van der Waals surface area (Å²) in [5.74, 6) is 2.20. The molecule has 0 radical (unpaired) electrons. The predicted molar refractivity (Wildman–Crippen MR) is 97.5 cm³/mol. The fraction of sp³-hybridized carbons (Fsp3) is 0.529. The van der Waals surface area contributed by atoms with Gasteiger partial charge in [-0.3, -0.25) is 0 Å². The molecule has 0 aliphatic carbocycles. The Bertz CT molecular complexity index is 771. The maximum atomic E-state index is 10.2. The van der Waals surface area contributed by atoms with Gasteiger partial charge in [0.15, 0.2) is 18.1 Å². The van der Waals surface area contributed by atoms with Crippen LogP contribution in [-0.2, 0) is 4.84 Å². The number of nitrogens with zero attached hydrogens (tertiary/aromatic N) is 3. The van der Waals surface area contributed by atoms with E-state index >= 15 is 0 Å². The summed E-state index contributed by atoms with van der Waals surface area (Å²) in [6.45, 7) is 0.919. The molecular weight excluding hydrogens is 356 g/mol. The van der Waals surface area contributed by atoms with E-state index in [9.17, 15) is 4.91 Å². The van der Waals surface area contributed by atoms with Gasteiger partial charge < -0.3 is 19.5 Å². The molecule has 1 aromatic carbocycles. The normalized spacial score (nSPS) is 10.5. The first-order valence-corrected chi connectivity index (χ1v) is 8.59. The number of methoxy groups -OCH3 is 3. The van der Waals surface area contributed by atoms with Crippen molar-refractivity contribution >= 4 is 16.7 Å². The van der Waals surface area contributed by atoms with Gasteiger partial charge in [-0.1, -0.05) is 6.42 Å². The van der Waals surface area contributed by atoms with Crippen LogP contribution in [0.2, 0.25) is 0 Å². The van der Waals surface area contributed by atoms with Gasteiger partial charge in [-0.25, -0.2) is 15.2 Å². The van der Waals surface area contributed by atoms with Crippen LogP contribution in [0, 0.1) is 4.91 Å². The molecule has 2 rings (SSSR count). The molecule has 0 saturated carbocycles. The summed E-state index contributed by atoms with van der Waals surface area (Å²) in [6.07, 6.45) is 4.92. The van der Waals surface area contributed by atoms with Crippen LogP contribution >= 0.6 is 0 Å². The summed E-state index contributed by atoms with van der Waals surface area (Å²) >= 11 is 0. The van der Waals surface area contributed by atoms with Gasteiger partial charge in [0.1, 0.15) is 22.6 Å². The van der Waals surface area contributed by atoms with Gasteiger partial charge in [-0.2, -0.15) is 4.84 Å². The Hall–Kier alpha value is -3.04. The molecule has 0 bridgehead atoms. The van der Waals surface area contributed by atoms with E-state index in [1.54, 1.807) is 21.3 Å². The first-order chi connectivity index (χ1) is 13.1. The van der Waals surface area contributed by atoms with E-state index in [-0.39, 0.29) is 6.61 Å². The summed E-state index contributed by atoms with van der Waals surface area (Å²) in [7, 11) is 4.66. The molecule has 2 aromatic rings.